The SMILES string of the molecule is CC(=O)CC1CCCC1.CCC(C)C. The zero-order chi connectivity index (χ0) is 11.0. The van der Waals surface area contributed by atoms with Crippen LogP contribution in [0.15, 0.2) is 0 Å². The molecule has 0 radical (unpaired) electrons. The Bertz CT molecular complexity index is 143. The number of ketones is 1. The summed E-state index contributed by atoms with van der Waals surface area (Å²) >= 11 is 0. The van der Waals surface area contributed by atoms with Crippen molar-refractivity contribution in [3.8, 4) is 0 Å². The third-order valence-corrected chi connectivity index (χ3v) is 2.87. The molecule has 1 rings (SSSR count). The van der Waals surface area contributed by atoms with Gasteiger partial charge in [0.25, 0.3) is 0 Å². The quantitative estimate of drug-likeness (QED) is 0.664. The van der Waals surface area contributed by atoms with Crippen LogP contribution < -0.4 is 0 Å². The van der Waals surface area contributed by atoms with Crippen LogP contribution in [-0.4, -0.2) is 5.78 Å². The maximum absolute atomic E-state index is 10.6. The Morgan fingerprint density at radius 1 is 1.29 bits per heavy atom. The van der Waals surface area contributed by atoms with Crippen molar-refractivity contribution >= 4 is 5.78 Å². The molecule has 14 heavy (non-hydrogen) atoms. The zero-order valence-corrected chi connectivity index (χ0v) is 10.3. The number of rotatable bonds is 3. The minimum atomic E-state index is 0.363. The van der Waals surface area contributed by atoms with Crippen molar-refractivity contribution in [2.75, 3.05) is 0 Å². The molecule has 0 amide bonds. The van der Waals surface area contributed by atoms with Crippen molar-refractivity contribution in [2.24, 2.45) is 11.8 Å². The van der Waals surface area contributed by atoms with Crippen LogP contribution in [0.4, 0.5) is 0 Å². The standard InChI is InChI=1S/C8H14O.C5H12/c1-7(9)6-8-4-2-3-5-8;1-4-5(2)3/h8H,2-6H2,1H3;5H,4H2,1-3H3. The number of hydrogen-bond donors (Lipinski definition) is 0. The van der Waals surface area contributed by atoms with Crippen molar-refractivity contribution in [3.63, 3.8) is 0 Å². The van der Waals surface area contributed by atoms with E-state index in [-0.39, 0.29) is 0 Å². The lowest BCUT2D eigenvalue weighted by Crippen LogP contribution is -1.99. The van der Waals surface area contributed by atoms with Gasteiger partial charge in [0.2, 0.25) is 0 Å². The summed E-state index contributed by atoms with van der Waals surface area (Å²) in [7, 11) is 0. The molecule has 0 atom stereocenters. The molecule has 1 aliphatic rings. The Morgan fingerprint density at radius 3 is 2.00 bits per heavy atom. The molecule has 0 spiro atoms. The van der Waals surface area contributed by atoms with Gasteiger partial charge in [-0.15, -0.1) is 0 Å². The Kier molecular flexibility index (Phi) is 7.83. The highest BCUT2D eigenvalue weighted by atomic mass is 16.1. The van der Waals surface area contributed by atoms with Crippen molar-refractivity contribution in [2.45, 2.75) is 66.2 Å². The fraction of sp³-hybridized carbons (Fsp3) is 0.923. The van der Waals surface area contributed by atoms with E-state index in [1.54, 1.807) is 6.92 Å². The average molecular weight is 198 g/mol. The molecule has 0 bridgehead atoms. The van der Waals surface area contributed by atoms with E-state index in [1.807, 2.05) is 0 Å². The minimum Gasteiger partial charge on any atom is -0.300 e. The van der Waals surface area contributed by atoms with Crippen LogP contribution in [-0.2, 0) is 4.79 Å². The lowest BCUT2D eigenvalue weighted by Gasteiger charge is -2.02. The predicted molar refractivity (Wildman–Crippen MR) is 62.4 cm³/mol. The van der Waals surface area contributed by atoms with Crippen LogP contribution in [0.3, 0.4) is 0 Å². The molecule has 0 unspecified atom stereocenters. The third-order valence-electron chi connectivity index (χ3n) is 2.87. The highest BCUT2D eigenvalue weighted by Crippen LogP contribution is 2.27. The molecule has 0 saturated heterocycles. The first-order chi connectivity index (χ1) is 6.56. The van der Waals surface area contributed by atoms with E-state index >= 15 is 0 Å². The molecule has 1 nitrogen and oxygen atoms in total. The molecule has 0 aromatic heterocycles. The normalized spacial score (nSPS) is 16.6. The van der Waals surface area contributed by atoms with Crippen molar-refractivity contribution in [1.29, 1.82) is 0 Å². The summed E-state index contributed by atoms with van der Waals surface area (Å²) in [5, 5.41) is 0. The maximum atomic E-state index is 10.6. The van der Waals surface area contributed by atoms with E-state index in [2.05, 4.69) is 20.8 Å². The van der Waals surface area contributed by atoms with Crippen LogP contribution >= 0.6 is 0 Å². The van der Waals surface area contributed by atoms with Gasteiger partial charge in [-0.25, -0.2) is 0 Å². The highest BCUT2D eigenvalue weighted by molar-refractivity contribution is 5.75. The lowest BCUT2D eigenvalue weighted by atomic mass is 10.0. The van der Waals surface area contributed by atoms with Crippen LogP contribution in [0.2, 0.25) is 0 Å². The van der Waals surface area contributed by atoms with E-state index in [1.165, 1.54) is 32.1 Å². The number of Topliss-reactive ketones (excluding diaryl/α,β-unsaturated/α-hetero) is 1. The summed E-state index contributed by atoms with van der Waals surface area (Å²) in [6.07, 6.45) is 7.41. The number of carbonyl (C=O) groups excluding carboxylic acids is 1. The molecule has 0 heterocycles. The third kappa shape index (κ3) is 8.28. The van der Waals surface area contributed by atoms with Crippen LogP contribution in [0.1, 0.15) is 66.2 Å². The van der Waals surface area contributed by atoms with E-state index in [4.69, 9.17) is 0 Å². The first kappa shape index (κ1) is 13.7. The van der Waals surface area contributed by atoms with Crippen LogP contribution in [0, 0.1) is 11.8 Å². The summed E-state index contributed by atoms with van der Waals surface area (Å²) in [5.74, 6) is 1.99. The van der Waals surface area contributed by atoms with Gasteiger partial charge in [-0.1, -0.05) is 52.9 Å². The van der Waals surface area contributed by atoms with Gasteiger partial charge in [-0.05, 0) is 18.8 Å². The largest absolute Gasteiger partial charge is 0.300 e. The van der Waals surface area contributed by atoms with Crippen molar-refractivity contribution in [3.05, 3.63) is 0 Å². The number of hydrogen-bond acceptors (Lipinski definition) is 1. The van der Waals surface area contributed by atoms with Crippen molar-refractivity contribution in [1.82, 2.24) is 0 Å². The smallest absolute Gasteiger partial charge is 0.130 e. The first-order valence-electron chi connectivity index (χ1n) is 6.05. The Hall–Kier alpha value is -0.330. The van der Waals surface area contributed by atoms with Crippen molar-refractivity contribution < 1.29 is 4.79 Å². The highest BCUT2D eigenvalue weighted by Gasteiger charge is 2.15. The van der Waals surface area contributed by atoms with Gasteiger partial charge in [-0.3, -0.25) is 0 Å². The maximum Gasteiger partial charge on any atom is 0.130 e. The van der Waals surface area contributed by atoms with Gasteiger partial charge >= 0.3 is 0 Å². The summed E-state index contributed by atoms with van der Waals surface area (Å²) in [5.41, 5.74) is 0. The molecular weight excluding hydrogens is 172 g/mol. The summed E-state index contributed by atoms with van der Waals surface area (Å²) in [6.45, 7) is 8.34. The van der Waals surface area contributed by atoms with E-state index in [0.717, 1.165) is 18.3 Å². The van der Waals surface area contributed by atoms with Gasteiger partial charge in [0.1, 0.15) is 5.78 Å². The second kappa shape index (κ2) is 8.02. The van der Waals surface area contributed by atoms with Gasteiger partial charge in [0.05, 0.1) is 0 Å². The van der Waals surface area contributed by atoms with E-state index in [9.17, 15) is 4.79 Å². The van der Waals surface area contributed by atoms with E-state index in [0.29, 0.717) is 5.78 Å². The fourth-order valence-corrected chi connectivity index (χ4v) is 1.62. The van der Waals surface area contributed by atoms with Crippen LogP contribution in [0.5, 0.6) is 0 Å². The molecule has 0 aromatic rings. The predicted octanol–water partition coefficient (Wildman–Crippen LogP) is 4.21. The Balaban J connectivity index is 0.000000292. The molecule has 0 aliphatic heterocycles. The van der Waals surface area contributed by atoms with Gasteiger partial charge in [0.15, 0.2) is 0 Å². The summed E-state index contributed by atoms with van der Waals surface area (Å²) in [4.78, 5) is 10.6. The molecule has 0 aromatic carbocycles. The molecular formula is C13H26O. The lowest BCUT2D eigenvalue weighted by molar-refractivity contribution is -0.117. The van der Waals surface area contributed by atoms with Gasteiger partial charge in [-0.2, -0.15) is 0 Å². The van der Waals surface area contributed by atoms with E-state index < -0.39 is 0 Å². The second-order valence-electron chi connectivity index (χ2n) is 4.86. The molecule has 1 saturated carbocycles. The Morgan fingerprint density at radius 2 is 1.71 bits per heavy atom. The summed E-state index contributed by atoms with van der Waals surface area (Å²) < 4.78 is 0. The molecule has 1 fully saturated rings. The van der Waals surface area contributed by atoms with Crippen LogP contribution in [0.25, 0.3) is 0 Å². The number of carbonyl (C=O) groups is 1. The molecule has 1 aliphatic carbocycles. The topological polar surface area (TPSA) is 17.1 Å². The molecule has 84 valence electrons. The van der Waals surface area contributed by atoms with Gasteiger partial charge in [0, 0.05) is 6.42 Å². The van der Waals surface area contributed by atoms with Gasteiger partial charge < -0.3 is 4.79 Å². The first-order valence-corrected chi connectivity index (χ1v) is 6.05. The summed E-state index contributed by atoms with van der Waals surface area (Å²) in [6, 6.07) is 0. The fourth-order valence-electron chi connectivity index (χ4n) is 1.62. The Labute approximate surface area is 89.3 Å². The molecule has 1 heteroatoms. The zero-order valence-electron chi connectivity index (χ0n) is 10.3. The minimum absolute atomic E-state index is 0.363. The second-order valence-corrected chi connectivity index (χ2v) is 4.86. The molecule has 0 N–H and O–H groups in total. The average Bonchev–Trinajstić information content (AvgIpc) is 2.57. The monoisotopic (exact) mass is 198 g/mol.